The molecule has 0 aliphatic carbocycles. The van der Waals surface area contributed by atoms with Gasteiger partial charge in [0.25, 0.3) is 5.95 Å². The molecule has 13 heavy (non-hydrogen) atoms. The molecule has 1 rings (SSSR count). The molecule has 2 nitrogen and oxygen atoms in total. The average molecular weight is 184 g/mol. The van der Waals surface area contributed by atoms with E-state index in [-0.39, 0.29) is 17.5 Å². The van der Waals surface area contributed by atoms with Crippen LogP contribution in [0.1, 0.15) is 47.0 Å². The van der Waals surface area contributed by atoms with E-state index in [1.54, 1.807) is 0 Å². The lowest BCUT2D eigenvalue weighted by molar-refractivity contribution is -0.0631. The van der Waals surface area contributed by atoms with E-state index in [0.29, 0.717) is 0 Å². The number of ether oxygens (including phenoxy) is 1. The summed E-state index contributed by atoms with van der Waals surface area (Å²) >= 11 is 0. The van der Waals surface area contributed by atoms with Gasteiger partial charge in [0.2, 0.25) is 0 Å². The van der Waals surface area contributed by atoms with E-state index in [1.165, 1.54) is 0 Å². The van der Waals surface area contributed by atoms with E-state index in [2.05, 4.69) is 27.7 Å². The van der Waals surface area contributed by atoms with E-state index in [4.69, 9.17) is 4.74 Å². The van der Waals surface area contributed by atoms with E-state index < -0.39 is 0 Å². The maximum Gasteiger partial charge on any atom is 0.280 e. The Labute approximate surface area is 80.6 Å². The summed E-state index contributed by atoms with van der Waals surface area (Å²) in [6.45, 7) is 8.56. The lowest BCUT2D eigenvalue weighted by Gasteiger charge is -2.39. The lowest BCUT2D eigenvalue weighted by Crippen LogP contribution is -2.39. The van der Waals surface area contributed by atoms with Crippen LogP contribution in [0.25, 0.3) is 0 Å². The van der Waals surface area contributed by atoms with Gasteiger partial charge in [-0.15, -0.1) is 0 Å². The predicted octanol–water partition coefficient (Wildman–Crippen LogP) is 3.39. The van der Waals surface area contributed by atoms with Crippen molar-refractivity contribution in [3.8, 4) is 0 Å². The molecule has 1 heterocycles. The van der Waals surface area contributed by atoms with Crippen molar-refractivity contribution < 1.29 is 9.84 Å². The van der Waals surface area contributed by atoms with Gasteiger partial charge in [-0.05, 0) is 12.8 Å². The van der Waals surface area contributed by atoms with E-state index in [1.807, 2.05) is 0 Å². The first-order valence-electron chi connectivity index (χ1n) is 5.05. The Morgan fingerprint density at radius 1 is 1.38 bits per heavy atom. The van der Waals surface area contributed by atoms with Crippen LogP contribution in [0.3, 0.4) is 0 Å². The van der Waals surface area contributed by atoms with Gasteiger partial charge in [-0.1, -0.05) is 34.1 Å². The van der Waals surface area contributed by atoms with Crippen molar-refractivity contribution in [2.45, 2.75) is 53.1 Å². The molecule has 0 radical (unpaired) electrons. The molecule has 0 aromatic rings. The van der Waals surface area contributed by atoms with Gasteiger partial charge in [0.05, 0.1) is 5.57 Å². The Kier molecular flexibility index (Phi) is 2.89. The van der Waals surface area contributed by atoms with Crippen LogP contribution in [0.4, 0.5) is 0 Å². The Morgan fingerprint density at radius 3 is 2.38 bits per heavy atom. The second-order valence-electron chi connectivity index (χ2n) is 4.80. The number of unbranched alkanes of at least 4 members (excludes halogenated alkanes) is 1. The van der Waals surface area contributed by atoms with E-state index in [9.17, 15) is 5.11 Å². The molecule has 1 aliphatic rings. The van der Waals surface area contributed by atoms with Crippen molar-refractivity contribution in [3.05, 3.63) is 11.5 Å². The standard InChI is InChI=1S/C11H20O2/c1-5-6-7-8-9(11(2,3)4)13-10(8)12/h9,12H,5-7H2,1-4H3. The Morgan fingerprint density at radius 2 is 2.00 bits per heavy atom. The van der Waals surface area contributed by atoms with Crippen molar-refractivity contribution in [1.82, 2.24) is 0 Å². The van der Waals surface area contributed by atoms with Crippen LogP contribution >= 0.6 is 0 Å². The molecule has 0 amide bonds. The Hall–Kier alpha value is -0.660. The van der Waals surface area contributed by atoms with Crippen molar-refractivity contribution in [1.29, 1.82) is 0 Å². The highest BCUT2D eigenvalue weighted by molar-refractivity contribution is 5.20. The second kappa shape index (κ2) is 3.60. The van der Waals surface area contributed by atoms with Crippen LogP contribution in [0, 0.1) is 5.41 Å². The van der Waals surface area contributed by atoms with Crippen LogP contribution in [0.5, 0.6) is 0 Å². The summed E-state index contributed by atoms with van der Waals surface area (Å²) in [7, 11) is 0. The third-order valence-corrected chi connectivity index (χ3v) is 2.41. The highest BCUT2D eigenvalue weighted by atomic mass is 16.6. The summed E-state index contributed by atoms with van der Waals surface area (Å²) in [6.07, 6.45) is 3.40. The zero-order valence-corrected chi connectivity index (χ0v) is 9.05. The molecule has 1 atom stereocenters. The minimum absolute atomic E-state index is 0.106. The van der Waals surface area contributed by atoms with Gasteiger partial charge in [0.15, 0.2) is 0 Å². The van der Waals surface area contributed by atoms with Gasteiger partial charge < -0.3 is 9.84 Å². The second-order valence-corrected chi connectivity index (χ2v) is 4.80. The molecular formula is C11H20O2. The summed E-state index contributed by atoms with van der Waals surface area (Å²) in [5, 5.41) is 9.33. The maximum absolute atomic E-state index is 9.33. The molecule has 0 saturated carbocycles. The largest absolute Gasteiger partial charge is 0.481 e. The molecule has 0 spiro atoms. The molecule has 0 aromatic heterocycles. The first kappa shape index (κ1) is 10.4. The maximum atomic E-state index is 9.33. The summed E-state index contributed by atoms with van der Waals surface area (Å²) in [5.41, 5.74) is 1.21. The van der Waals surface area contributed by atoms with Gasteiger partial charge in [-0.3, -0.25) is 0 Å². The van der Waals surface area contributed by atoms with Gasteiger partial charge in [-0.25, -0.2) is 0 Å². The van der Waals surface area contributed by atoms with Gasteiger partial charge in [-0.2, -0.15) is 0 Å². The fourth-order valence-electron chi connectivity index (χ4n) is 1.62. The number of aliphatic hydroxyl groups excluding tert-OH is 1. The topological polar surface area (TPSA) is 29.5 Å². The molecule has 1 aliphatic heterocycles. The fraction of sp³-hybridized carbons (Fsp3) is 0.818. The smallest absolute Gasteiger partial charge is 0.280 e. The van der Waals surface area contributed by atoms with E-state index >= 15 is 0 Å². The first-order chi connectivity index (χ1) is 5.96. The SMILES string of the molecule is CCCCC1=C(O)OC1C(C)(C)C. The summed E-state index contributed by atoms with van der Waals surface area (Å²) in [5.74, 6) is 0.174. The highest BCUT2D eigenvalue weighted by Gasteiger charge is 2.39. The number of hydrogen-bond donors (Lipinski definition) is 1. The zero-order valence-electron chi connectivity index (χ0n) is 9.05. The lowest BCUT2D eigenvalue weighted by atomic mass is 9.80. The number of aliphatic hydroxyl groups is 1. The predicted molar refractivity (Wildman–Crippen MR) is 53.5 cm³/mol. The van der Waals surface area contributed by atoms with Gasteiger partial charge >= 0.3 is 0 Å². The van der Waals surface area contributed by atoms with Crippen LogP contribution in [0.2, 0.25) is 0 Å². The Bertz CT molecular complexity index is 211. The van der Waals surface area contributed by atoms with Crippen LogP contribution in [-0.2, 0) is 4.74 Å². The summed E-state index contributed by atoms with van der Waals surface area (Å²) in [6, 6.07) is 0. The molecule has 1 N–H and O–H groups in total. The molecule has 0 fully saturated rings. The monoisotopic (exact) mass is 184 g/mol. The third-order valence-electron chi connectivity index (χ3n) is 2.41. The fourth-order valence-corrected chi connectivity index (χ4v) is 1.62. The van der Waals surface area contributed by atoms with Crippen LogP contribution in [-0.4, -0.2) is 11.2 Å². The summed E-state index contributed by atoms with van der Waals surface area (Å²) < 4.78 is 5.25. The van der Waals surface area contributed by atoms with Crippen molar-refractivity contribution in [2.75, 3.05) is 0 Å². The minimum Gasteiger partial charge on any atom is -0.481 e. The third kappa shape index (κ3) is 2.17. The molecule has 0 bridgehead atoms. The van der Waals surface area contributed by atoms with Crippen LogP contribution in [0.15, 0.2) is 11.5 Å². The molecule has 2 heteroatoms. The number of hydrogen-bond acceptors (Lipinski definition) is 2. The van der Waals surface area contributed by atoms with Crippen molar-refractivity contribution >= 4 is 0 Å². The zero-order chi connectivity index (χ0) is 10.1. The Balaban J connectivity index is 2.56. The molecule has 0 aromatic carbocycles. The minimum atomic E-state index is 0.106. The van der Waals surface area contributed by atoms with Gasteiger partial charge in [0.1, 0.15) is 6.10 Å². The van der Waals surface area contributed by atoms with Gasteiger partial charge in [0, 0.05) is 5.41 Å². The van der Waals surface area contributed by atoms with Crippen molar-refractivity contribution in [3.63, 3.8) is 0 Å². The highest BCUT2D eigenvalue weighted by Crippen LogP contribution is 2.39. The first-order valence-corrected chi connectivity index (χ1v) is 5.05. The normalized spacial score (nSPS) is 22.6. The quantitative estimate of drug-likeness (QED) is 0.728. The number of rotatable bonds is 3. The van der Waals surface area contributed by atoms with Crippen molar-refractivity contribution in [2.24, 2.45) is 5.41 Å². The van der Waals surface area contributed by atoms with E-state index in [0.717, 1.165) is 24.8 Å². The average Bonchev–Trinajstić information content (AvgIpc) is 1.99. The molecule has 0 saturated heterocycles. The molecule has 76 valence electrons. The molecule has 1 unspecified atom stereocenters. The summed E-state index contributed by atoms with van der Waals surface area (Å²) in [4.78, 5) is 0. The molecular weight excluding hydrogens is 164 g/mol. The van der Waals surface area contributed by atoms with Crippen LogP contribution < -0.4 is 0 Å².